The van der Waals surface area contributed by atoms with E-state index in [0.717, 1.165) is 78.0 Å². The van der Waals surface area contributed by atoms with Gasteiger partial charge in [-0.25, -0.2) is 4.99 Å². The van der Waals surface area contributed by atoms with Gasteiger partial charge < -0.3 is 60.6 Å². The second-order valence-electron chi connectivity index (χ2n) is 26.9. The standard InChI is InChI=1S/C78H80N6O8/c1-77-54-23-17-50(63(77)32-25-54)22-31-64-59-30-21-49-12-6-7-14-58(49)62(59)42-78(64)55-24-18-53(65(39-55)82-76(79)80)38-48(44-85)45-91-72-60(29-16-47-11-8-13-52(37-47)61-40-68(77)83-75(61)84-35-34-81-43-69(78)84)71-70(66(88)41-67(92-71)51-19-27-56(86)28-20-51)73(74(72)89-2)90-36-33-57(87)26-15-46-9-4-3-5-10-46/h3-15,18-21,24,26-28,30,37,39-41,48,50,54,57,59,62-64,69,81,83,85-87H,16-17,23,25,29,32-36,38,42-45H2,1-2H3,(H4,79,80,82). The number of aliphatic hydroxyl groups is 2. The number of aliphatic imine (C=N–C) groups is 1. The SMILES string of the molecule is COc1c2c(c3oc(-c4ccc(O)cc4)cc(=O)c3c1OCCC(O)C=Cc1ccccc1)CCc1cccc(c1)-c1cc3[nH]c1N1CCNCC1C1(CC4c5ccccc5C=CC4C1C#CC1CCC4CCC1C34C)c1ccc(c(N=C(N)N)c1)CC(CO)CO2. The number of rotatable bonds is 10. The number of piperazine rings is 1. The van der Waals surface area contributed by atoms with Crippen molar-refractivity contribution in [1.29, 1.82) is 0 Å². The molecule has 14 heteroatoms. The number of nitrogens with one attached hydrogen (secondary N) is 2. The van der Waals surface area contributed by atoms with Crippen molar-refractivity contribution in [3.05, 3.63) is 200 Å². The highest BCUT2D eigenvalue weighted by Crippen LogP contribution is 2.64. The maximum absolute atomic E-state index is 15.0. The van der Waals surface area contributed by atoms with Crippen LogP contribution in [0, 0.1) is 47.3 Å². The molecular weight excluding hydrogens is 1150 g/mol. The first-order valence-corrected chi connectivity index (χ1v) is 33.0. The third kappa shape index (κ3) is 10.3. The Morgan fingerprint density at radius 2 is 1.75 bits per heavy atom. The molecule has 0 radical (unpaired) electrons. The highest BCUT2D eigenvalue weighted by atomic mass is 16.5. The number of nitrogens with two attached hydrogens (primary N) is 2. The minimum absolute atomic E-state index is 0.00216. The highest BCUT2D eigenvalue weighted by molar-refractivity contribution is 5.93. The number of phenols is 1. The topological polar surface area (TPSA) is 214 Å². The molecule has 0 amide bonds. The van der Waals surface area contributed by atoms with Crippen molar-refractivity contribution in [3.63, 3.8) is 0 Å². The molecule has 9 N–H and O–H groups in total. The van der Waals surface area contributed by atoms with E-state index in [1.54, 1.807) is 30.3 Å². The van der Waals surface area contributed by atoms with Crippen LogP contribution in [0.3, 0.4) is 0 Å². The third-order valence-corrected chi connectivity index (χ3v) is 22.0. The number of aromatic nitrogens is 1. The van der Waals surface area contributed by atoms with Gasteiger partial charge in [-0.3, -0.25) is 4.79 Å². The van der Waals surface area contributed by atoms with Crippen LogP contribution >= 0.6 is 0 Å². The summed E-state index contributed by atoms with van der Waals surface area (Å²) < 4.78 is 27.1. The molecule has 4 aliphatic heterocycles. The molecule has 11 unspecified atom stereocenters. The van der Waals surface area contributed by atoms with Crippen LogP contribution in [0.1, 0.15) is 96.0 Å². The van der Waals surface area contributed by atoms with Crippen molar-refractivity contribution in [2.45, 2.75) is 93.6 Å². The summed E-state index contributed by atoms with van der Waals surface area (Å²) in [6, 6.07) is 44.6. The van der Waals surface area contributed by atoms with Crippen LogP contribution in [-0.4, -0.2) is 85.0 Å². The number of aryl methyl sites for hydroxylation is 2. The van der Waals surface area contributed by atoms with E-state index in [1.165, 1.54) is 36.4 Å². The number of guanidine groups is 1. The Morgan fingerprint density at radius 3 is 2.59 bits per heavy atom. The minimum atomic E-state index is -0.878. The van der Waals surface area contributed by atoms with Gasteiger partial charge in [-0.2, -0.15) is 0 Å². The molecule has 14 nitrogen and oxygen atoms in total. The van der Waals surface area contributed by atoms with Crippen LogP contribution in [-0.2, 0) is 30.1 Å². The van der Waals surface area contributed by atoms with Gasteiger partial charge in [0.15, 0.2) is 22.9 Å². The molecular formula is C78H80N6O8. The normalized spacial score (nSPS) is 26.2. The number of hydrogen-bond donors (Lipinski definition) is 7. The monoisotopic (exact) mass is 1230 g/mol. The summed E-state index contributed by atoms with van der Waals surface area (Å²) in [5.74, 6) is 11.3. The molecule has 92 heavy (non-hydrogen) atoms. The van der Waals surface area contributed by atoms with Gasteiger partial charge in [0.1, 0.15) is 28.3 Å². The fourth-order valence-corrected chi connectivity index (χ4v) is 17.5. The van der Waals surface area contributed by atoms with Gasteiger partial charge in [0, 0.05) is 89.7 Å². The molecule has 11 atom stereocenters. The molecule has 6 heterocycles. The van der Waals surface area contributed by atoms with Gasteiger partial charge in [-0.1, -0.05) is 134 Å². The zero-order chi connectivity index (χ0) is 62.8. The van der Waals surface area contributed by atoms with E-state index >= 15 is 4.79 Å². The summed E-state index contributed by atoms with van der Waals surface area (Å²) in [5, 5.41) is 37.3. The van der Waals surface area contributed by atoms with Gasteiger partial charge in [-0.15, -0.1) is 0 Å². The minimum Gasteiger partial charge on any atom is -0.508 e. The summed E-state index contributed by atoms with van der Waals surface area (Å²) in [6.07, 6.45) is 14.2. The number of phenolic OH excluding ortho intramolecular Hbond substituents is 1. The molecule has 16 rings (SSSR count). The number of hydrogen-bond acceptors (Lipinski definition) is 11. The largest absolute Gasteiger partial charge is 0.508 e. The maximum Gasteiger partial charge on any atom is 0.204 e. The fraction of sp³-hybridized carbons (Fsp3) is 0.359. The molecule has 11 bridgehead atoms. The van der Waals surface area contributed by atoms with Crippen LogP contribution in [0.15, 0.2) is 160 Å². The molecule has 470 valence electrons. The number of aromatic hydroxyl groups is 1. The van der Waals surface area contributed by atoms with Crippen molar-refractivity contribution in [2.75, 3.05) is 51.5 Å². The van der Waals surface area contributed by atoms with Gasteiger partial charge in [0.05, 0.1) is 38.2 Å². The van der Waals surface area contributed by atoms with Crippen molar-refractivity contribution in [1.82, 2.24) is 10.3 Å². The Balaban J connectivity index is 0.936. The molecule has 8 aliphatic rings. The maximum atomic E-state index is 15.0. The Labute approximate surface area is 537 Å². The predicted molar refractivity (Wildman–Crippen MR) is 363 cm³/mol. The van der Waals surface area contributed by atoms with Crippen LogP contribution in [0.25, 0.3) is 45.6 Å². The number of fused-ring (bicyclic) bond motifs is 12. The average Bonchev–Trinajstić information content (AvgIpc) is 1.52. The number of H-pyrrole nitrogens is 1. The number of allylic oxidation sites excluding steroid dienone is 1. The number of nitrogens with zero attached hydrogens (tertiary/aromatic N) is 2. The van der Waals surface area contributed by atoms with E-state index in [1.807, 2.05) is 36.4 Å². The second-order valence-corrected chi connectivity index (χ2v) is 26.9. The Hall–Kier alpha value is -9.00. The lowest BCUT2D eigenvalue weighted by molar-refractivity contribution is 0.152. The van der Waals surface area contributed by atoms with E-state index in [2.05, 4.69) is 119 Å². The molecule has 2 aromatic heterocycles. The lowest BCUT2D eigenvalue weighted by Gasteiger charge is -2.51. The first-order chi connectivity index (χ1) is 44.9. The van der Waals surface area contributed by atoms with Crippen LogP contribution in [0.2, 0.25) is 0 Å². The summed E-state index contributed by atoms with van der Waals surface area (Å²) in [6.45, 7) is 4.53. The van der Waals surface area contributed by atoms with E-state index in [0.29, 0.717) is 60.2 Å². The smallest absolute Gasteiger partial charge is 0.204 e. The van der Waals surface area contributed by atoms with Crippen molar-refractivity contribution >= 4 is 40.6 Å². The summed E-state index contributed by atoms with van der Waals surface area (Å²) in [7, 11) is 1.53. The molecule has 1 spiro atoms. The Kier molecular flexibility index (Phi) is 15.6. The first kappa shape index (κ1) is 59.3. The lowest BCUT2D eigenvalue weighted by atomic mass is 9.60. The predicted octanol–water partition coefficient (Wildman–Crippen LogP) is 12.1. The summed E-state index contributed by atoms with van der Waals surface area (Å²) in [4.78, 5) is 27.0. The molecule has 8 aromatic rings. The van der Waals surface area contributed by atoms with Crippen LogP contribution in [0.4, 0.5) is 11.5 Å². The van der Waals surface area contributed by atoms with Crippen molar-refractivity contribution < 1.29 is 33.9 Å². The fourth-order valence-electron chi connectivity index (χ4n) is 17.5. The number of methoxy groups -OCH3 is 1. The second kappa shape index (κ2) is 24.2. The number of aliphatic hydroxyl groups excluding tert-OH is 2. The first-order valence-electron chi connectivity index (χ1n) is 33.0. The summed E-state index contributed by atoms with van der Waals surface area (Å²) >= 11 is 0. The molecule has 4 aliphatic carbocycles. The number of anilines is 1. The number of benzene rings is 6. The Morgan fingerprint density at radius 1 is 0.913 bits per heavy atom. The van der Waals surface area contributed by atoms with E-state index in [-0.39, 0.29) is 107 Å². The average molecular weight is 1230 g/mol. The van der Waals surface area contributed by atoms with Gasteiger partial charge in [0.25, 0.3) is 0 Å². The van der Waals surface area contributed by atoms with Crippen molar-refractivity contribution in [3.8, 4) is 57.3 Å². The van der Waals surface area contributed by atoms with Gasteiger partial charge in [-0.05, 0) is 150 Å². The zero-order valence-electron chi connectivity index (χ0n) is 52.2. The molecule has 1 saturated heterocycles. The molecule has 6 aromatic carbocycles. The zero-order valence-corrected chi connectivity index (χ0v) is 52.2. The van der Waals surface area contributed by atoms with Crippen LogP contribution < -0.4 is 41.3 Å². The van der Waals surface area contributed by atoms with Crippen LogP contribution in [0.5, 0.6) is 23.0 Å². The van der Waals surface area contributed by atoms with E-state index < -0.39 is 17.4 Å². The van der Waals surface area contributed by atoms with Crippen molar-refractivity contribution in [2.24, 2.45) is 52.0 Å². The highest BCUT2D eigenvalue weighted by Gasteiger charge is 2.61. The number of aromatic amines is 1. The van der Waals surface area contributed by atoms with E-state index in [9.17, 15) is 15.3 Å². The van der Waals surface area contributed by atoms with E-state index in [4.69, 9.17) is 35.1 Å². The third-order valence-electron chi connectivity index (χ3n) is 22.0. The van der Waals surface area contributed by atoms with Gasteiger partial charge in [0.2, 0.25) is 5.75 Å². The number of ether oxygens (including phenoxy) is 3. The lowest BCUT2D eigenvalue weighted by Crippen LogP contribution is -2.62. The Bertz CT molecular complexity index is 4350. The quantitative estimate of drug-likeness (QED) is 0.0387. The molecule has 3 saturated carbocycles. The molecule has 4 fully saturated rings. The summed E-state index contributed by atoms with van der Waals surface area (Å²) in [5.41, 5.74) is 24.0. The van der Waals surface area contributed by atoms with Gasteiger partial charge >= 0.3 is 0 Å².